The molecule has 3 N–H and O–H groups in total. The van der Waals surface area contributed by atoms with Crippen LogP contribution in [0.5, 0.6) is 11.6 Å². The Hall–Kier alpha value is -4.63. The lowest BCUT2D eigenvalue weighted by atomic mass is 9.85. The molecule has 2 aliphatic heterocycles. The van der Waals surface area contributed by atoms with Crippen molar-refractivity contribution in [2.24, 2.45) is 17.3 Å². The summed E-state index contributed by atoms with van der Waals surface area (Å²) in [5.41, 5.74) is -4.69. The maximum absolute atomic E-state index is 16.3. The number of hydrogen-bond donors (Lipinski definition) is 3. The molecule has 3 fully saturated rings. The van der Waals surface area contributed by atoms with Crippen LogP contribution < -0.4 is 24.8 Å². The number of aromatic nitrogens is 2. The molecular formula is C40H52F6N6O9S. The van der Waals surface area contributed by atoms with Crippen LogP contribution in [0.3, 0.4) is 0 Å². The third kappa shape index (κ3) is 9.63. The van der Waals surface area contributed by atoms with E-state index in [2.05, 4.69) is 25.3 Å². The third-order valence-corrected chi connectivity index (χ3v) is 14.4. The van der Waals surface area contributed by atoms with Crippen LogP contribution in [-0.2, 0) is 35.1 Å². The highest BCUT2D eigenvalue weighted by Crippen LogP contribution is 2.50. The van der Waals surface area contributed by atoms with Gasteiger partial charge >= 0.3 is 12.7 Å². The van der Waals surface area contributed by atoms with Crippen LogP contribution in [0.15, 0.2) is 18.2 Å². The van der Waals surface area contributed by atoms with E-state index in [-0.39, 0.29) is 48.9 Å². The molecule has 0 radical (unpaired) electrons. The topological polar surface area (TPSA) is 195 Å². The van der Waals surface area contributed by atoms with E-state index >= 15 is 8.78 Å². The number of benzene rings is 1. The first-order valence-corrected chi connectivity index (χ1v) is 22.1. The SMILES string of the molecule is CC[C@@H]1[C@@H]2CN(C(=O)[C@H](C(C)(C)C)NC(=O)O[C@H](C)CCCCCC(F)(F)c3nc4ccc(OC(F)F)cc4nc3O2)[C@@H]1C(=O)N[C@]1(C(=O)NS(=O)(=O)C2(C)CC2)C[C@H]1C(F)F. The van der Waals surface area contributed by atoms with Crippen molar-refractivity contribution in [1.82, 2.24) is 30.2 Å². The predicted octanol–water partition coefficient (Wildman–Crippen LogP) is 5.94. The molecule has 2 aromatic rings. The van der Waals surface area contributed by atoms with E-state index in [1.165, 1.54) is 13.0 Å². The fourth-order valence-electron chi connectivity index (χ4n) is 8.12. The molecule has 15 nitrogen and oxygen atoms in total. The number of nitrogens with one attached hydrogen (secondary N) is 3. The molecule has 3 heterocycles. The van der Waals surface area contributed by atoms with Crippen molar-refractivity contribution in [3.8, 4) is 11.6 Å². The van der Waals surface area contributed by atoms with Crippen LogP contribution in [0.25, 0.3) is 11.0 Å². The van der Waals surface area contributed by atoms with Gasteiger partial charge < -0.3 is 29.7 Å². The average molecular weight is 907 g/mol. The van der Waals surface area contributed by atoms with E-state index in [4.69, 9.17) is 9.47 Å². The molecular weight excluding hydrogens is 855 g/mol. The molecule has 2 aliphatic carbocycles. The summed E-state index contributed by atoms with van der Waals surface area (Å²) in [7, 11) is -4.36. The van der Waals surface area contributed by atoms with Crippen molar-refractivity contribution >= 4 is 44.9 Å². The summed E-state index contributed by atoms with van der Waals surface area (Å²) in [6.07, 6.45) is -6.31. The summed E-state index contributed by atoms with van der Waals surface area (Å²) in [5, 5.41) is 4.93. The fourth-order valence-corrected chi connectivity index (χ4v) is 9.43. The van der Waals surface area contributed by atoms with E-state index in [1.807, 2.05) is 4.72 Å². The first-order valence-electron chi connectivity index (χ1n) is 20.6. The zero-order valence-electron chi connectivity index (χ0n) is 35.1. The summed E-state index contributed by atoms with van der Waals surface area (Å²) in [6.45, 7) is 5.62. The zero-order valence-corrected chi connectivity index (χ0v) is 35.9. The number of fused-ring (bicyclic) bond motifs is 4. The molecule has 22 heteroatoms. The van der Waals surface area contributed by atoms with Gasteiger partial charge in [0.1, 0.15) is 35.6 Å². The summed E-state index contributed by atoms with van der Waals surface area (Å²) in [5.74, 6) is -11.2. The predicted molar refractivity (Wildman–Crippen MR) is 209 cm³/mol. The minimum atomic E-state index is -4.36. The number of sulfonamides is 1. The molecule has 62 heavy (non-hydrogen) atoms. The van der Waals surface area contributed by atoms with Crippen LogP contribution in [0.2, 0.25) is 0 Å². The molecule has 0 unspecified atom stereocenters. The molecule has 1 aromatic carbocycles. The Labute approximate surface area is 354 Å². The maximum Gasteiger partial charge on any atom is 0.408 e. The number of rotatable bonds is 9. The lowest BCUT2D eigenvalue weighted by molar-refractivity contribution is -0.144. The van der Waals surface area contributed by atoms with Gasteiger partial charge in [-0.2, -0.15) is 17.6 Å². The first kappa shape index (κ1) is 46.9. The van der Waals surface area contributed by atoms with E-state index < -0.39 is 136 Å². The second kappa shape index (κ2) is 17.2. The number of alkyl halides is 6. The molecule has 0 spiro atoms. The van der Waals surface area contributed by atoms with Gasteiger partial charge in [-0.05, 0) is 76.3 Å². The minimum absolute atomic E-state index is 0.0145. The van der Waals surface area contributed by atoms with Crippen LogP contribution in [0, 0.1) is 17.3 Å². The smallest absolute Gasteiger partial charge is 0.408 e. The van der Waals surface area contributed by atoms with Gasteiger partial charge in [-0.1, -0.05) is 34.1 Å². The van der Waals surface area contributed by atoms with E-state index in [0.717, 1.165) is 17.0 Å². The average Bonchev–Trinajstić information content (AvgIpc) is 4.07. The Morgan fingerprint density at radius 2 is 1.73 bits per heavy atom. The highest BCUT2D eigenvalue weighted by Gasteiger charge is 2.68. The Morgan fingerprint density at radius 3 is 2.32 bits per heavy atom. The monoisotopic (exact) mass is 906 g/mol. The Bertz CT molecular complexity index is 2170. The molecule has 2 saturated carbocycles. The number of hydrogen-bond acceptors (Lipinski definition) is 11. The Morgan fingerprint density at radius 1 is 1.03 bits per heavy atom. The molecule has 6 rings (SSSR count). The van der Waals surface area contributed by atoms with Gasteiger partial charge in [-0.25, -0.2) is 32.0 Å². The first-order chi connectivity index (χ1) is 28.8. The van der Waals surface area contributed by atoms with E-state index in [1.54, 1.807) is 34.6 Å². The molecule has 1 saturated heterocycles. The van der Waals surface area contributed by atoms with Gasteiger partial charge in [0.15, 0.2) is 5.69 Å². The number of carbonyl (C=O) groups excluding carboxylic acids is 4. The minimum Gasteiger partial charge on any atom is -0.471 e. The third-order valence-electron chi connectivity index (χ3n) is 12.2. The normalized spacial score (nSPS) is 29.1. The highest BCUT2D eigenvalue weighted by molar-refractivity contribution is 7.91. The second-order valence-electron chi connectivity index (χ2n) is 18.0. The summed E-state index contributed by atoms with van der Waals surface area (Å²) in [4.78, 5) is 65.8. The maximum atomic E-state index is 16.3. The standard InChI is InChI=1S/C40H52F6N6O9S/c1-7-22-26-19-52(27(22)31(53)50-39(18-23(39)30(41)42)34(55)51-62(57,58)38(6)15-16-38)33(54)29(37(3,4)5)49-36(56)59-20(2)11-9-8-10-14-40(45,46)28-32(61-26)48-25-17-21(60-35(43)44)12-13-24(25)47-28/h12-13,17,20,22-23,26-27,29-30,35H,7-11,14-16,18-19H2,1-6H3,(H,49,56)(H,50,53)(H,51,55)/t20-,22-,23+,26+,27+,29-,39-/m1/s1. The van der Waals surface area contributed by atoms with Crippen LogP contribution in [0.4, 0.5) is 31.1 Å². The van der Waals surface area contributed by atoms with Gasteiger partial charge in [0.05, 0.1) is 28.2 Å². The quantitative estimate of drug-likeness (QED) is 0.252. The molecule has 2 bridgehead atoms. The van der Waals surface area contributed by atoms with Crippen LogP contribution in [0.1, 0.15) is 105 Å². The van der Waals surface area contributed by atoms with Gasteiger partial charge in [0, 0.05) is 18.4 Å². The van der Waals surface area contributed by atoms with Crippen molar-refractivity contribution in [2.45, 2.75) is 153 Å². The summed E-state index contributed by atoms with van der Waals surface area (Å²) < 4.78 is 131. The number of alkyl carbamates (subject to hydrolysis) is 1. The van der Waals surface area contributed by atoms with Crippen molar-refractivity contribution in [3.63, 3.8) is 0 Å². The van der Waals surface area contributed by atoms with Crippen molar-refractivity contribution in [2.75, 3.05) is 6.54 Å². The molecule has 4 aliphatic rings. The van der Waals surface area contributed by atoms with Gasteiger partial charge in [0.2, 0.25) is 34.1 Å². The number of ether oxygens (including phenoxy) is 3. The Kier molecular flexibility index (Phi) is 13.0. The molecule has 1 aromatic heterocycles. The Balaban J connectivity index is 1.45. The molecule has 7 atom stereocenters. The lowest BCUT2D eigenvalue weighted by Gasteiger charge is -2.36. The summed E-state index contributed by atoms with van der Waals surface area (Å²) in [6, 6.07) is 0.210. The fraction of sp³-hybridized carbons (Fsp3) is 0.700. The van der Waals surface area contributed by atoms with Crippen molar-refractivity contribution in [3.05, 3.63) is 23.9 Å². The second-order valence-corrected chi connectivity index (χ2v) is 20.2. The van der Waals surface area contributed by atoms with Crippen LogP contribution in [-0.4, -0.2) is 101 Å². The highest BCUT2D eigenvalue weighted by atomic mass is 32.2. The lowest BCUT2D eigenvalue weighted by Crippen LogP contribution is -2.61. The number of nitrogens with zero attached hydrogens (tertiary/aromatic N) is 3. The zero-order chi connectivity index (χ0) is 45.7. The van der Waals surface area contributed by atoms with Crippen LogP contribution >= 0.6 is 0 Å². The van der Waals surface area contributed by atoms with Gasteiger partial charge in [0.25, 0.3) is 11.8 Å². The van der Waals surface area contributed by atoms with Gasteiger partial charge in [-0.3, -0.25) is 19.1 Å². The number of carbonyl (C=O) groups is 4. The van der Waals surface area contributed by atoms with Gasteiger partial charge in [-0.15, -0.1) is 0 Å². The number of amides is 4. The number of cyclic esters (lactones) is 1. The van der Waals surface area contributed by atoms with Crippen molar-refractivity contribution in [1.29, 1.82) is 0 Å². The number of halogens is 6. The molecule has 4 amide bonds. The van der Waals surface area contributed by atoms with Crippen molar-refractivity contribution < 1.29 is 68.1 Å². The van der Waals surface area contributed by atoms with E-state index in [0.29, 0.717) is 12.8 Å². The molecule has 344 valence electrons. The largest absolute Gasteiger partial charge is 0.471 e. The summed E-state index contributed by atoms with van der Waals surface area (Å²) >= 11 is 0. The van der Waals surface area contributed by atoms with E-state index in [9.17, 15) is 45.2 Å².